The summed E-state index contributed by atoms with van der Waals surface area (Å²) < 4.78 is 5.28. The molecule has 1 N–H and O–H groups in total. The highest BCUT2D eigenvalue weighted by Crippen LogP contribution is 2.10. The summed E-state index contributed by atoms with van der Waals surface area (Å²) in [6, 6.07) is 3.63. The van der Waals surface area contributed by atoms with E-state index in [1.54, 1.807) is 6.07 Å². The predicted octanol–water partition coefficient (Wildman–Crippen LogP) is 2.68. The van der Waals surface area contributed by atoms with Crippen molar-refractivity contribution in [3.63, 3.8) is 0 Å². The Balaban J connectivity index is 2.19. The maximum absolute atomic E-state index is 11.6. The smallest absolute Gasteiger partial charge is 0.348 e. The van der Waals surface area contributed by atoms with Crippen LogP contribution in [-0.2, 0) is 4.74 Å². The van der Waals surface area contributed by atoms with Gasteiger partial charge in [0.05, 0.1) is 0 Å². The van der Waals surface area contributed by atoms with E-state index < -0.39 is 0 Å². The summed E-state index contributed by atoms with van der Waals surface area (Å²) in [5.74, 6) is -0.222. The average molecular weight is 241 g/mol. The van der Waals surface area contributed by atoms with Crippen LogP contribution in [0.3, 0.4) is 0 Å². The average Bonchev–Trinajstić information content (AvgIpc) is 2.77. The molecule has 1 rings (SSSR count). The lowest BCUT2D eigenvalue weighted by Crippen LogP contribution is -2.29. The second-order valence-electron chi connectivity index (χ2n) is 3.75. The molecule has 3 nitrogen and oxygen atoms in total. The molecular weight excluding hydrogens is 222 g/mol. The lowest BCUT2D eigenvalue weighted by Gasteiger charge is -2.13. The summed E-state index contributed by atoms with van der Waals surface area (Å²) in [5, 5.41) is 5.14. The SMILES string of the molecule is CCCCNCC(C)OC(=O)c1cccs1. The van der Waals surface area contributed by atoms with E-state index in [0.29, 0.717) is 4.88 Å². The third kappa shape index (κ3) is 4.77. The zero-order valence-corrected chi connectivity index (χ0v) is 10.7. The second kappa shape index (κ2) is 7.41. The molecule has 0 aliphatic carbocycles. The molecule has 4 heteroatoms. The highest BCUT2D eigenvalue weighted by Gasteiger charge is 2.11. The van der Waals surface area contributed by atoms with Crippen molar-refractivity contribution in [1.82, 2.24) is 5.32 Å². The van der Waals surface area contributed by atoms with Gasteiger partial charge in [0, 0.05) is 6.54 Å². The summed E-state index contributed by atoms with van der Waals surface area (Å²) in [6.45, 7) is 5.76. The number of nitrogens with one attached hydrogen (secondary N) is 1. The fourth-order valence-corrected chi connectivity index (χ4v) is 1.89. The molecule has 1 unspecified atom stereocenters. The molecule has 0 fully saturated rings. The van der Waals surface area contributed by atoms with Crippen LogP contribution in [0.5, 0.6) is 0 Å². The topological polar surface area (TPSA) is 38.3 Å². The molecule has 0 aliphatic heterocycles. The van der Waals surface area contributed by atoms with E-state index >= 15 is 0 Å². The van der Waals surface area contributed by atoms with E-state index in [4.69, 9.17) is 4.74 Å². The molecular formula is C12H19NO2S. The molecule has 1 aromatic heterocycles. The highest BCUT2D eigenvalue weighted by molar-refractivity contribution is 7.11. The van der Waals surface area contributed by atoms with Crippen molar-refractivity contribution in [2.45, 2.75) is 32.8 Å². The van der Waals surface area contributed by atoms with Gasteiger partial charge in [0.1, 0.15) is 11.0 Å². The van der Waals surface area contributed by atoms with Gasteiger partial charge in [-0.2, -0.15) is 0 Å². The quantitative estimate of drug-likeness (QED) is 0.589. The third-order valence-corrected chi connectivity index (χ3v) is 3.02. The Morgan fingerprint density at radius 1 is 1.62 bits per heavy atom. The number of unbranched alkanes of at least 4 members (excludes halogenated alkanes) is 1. The molecule has 16 heavy (non-hydrogen) atoms. The minimum Gasteiger partial charge on any atom is -0.457 e. The van der Waals surface area contributed by atoms with Crippen molar-refractivity contribution in [3.05, 3.63) is 22.4 Å². The van der Waals surface area contributed by atoms with Gasteiger partial charge >= 0.3 is 5.97 Å². The Hall–Kier alpha value is -0.870. The highest BCUT2D eigenvalue weighted by atomic mass is 32.1. The molecule has 1 atom stereocenters. The first-order chi connectivity index (χ1) is 7.74. The van der Waals surface area contributed by atoms with Crippen LogP contribution in [0.15, 0.2) is 17.5 Å². The molecule has 1 aromatic rings. The van der Waals surface area contributed by atoms with Crippen LogP contribution >= 0.6 is 11.3 Å². The van der Waals surface area contributed by atoms with Crippen molar-refractivity contribution in [2.75, 3.05) is 13.1 Å². The molecule has 0 amide bonds. The number of carbonyl (C=O) groups excluding carboxylic acids is 1. The monoisotopic (exact) mass is 241 g/mol. The molecule has 0 saturated carbocycles. The van der Waals surface area contributed by atoms with E-state index in [1.807, 2.05) is 18.4 Å². The molecule has 0 spiro atoms. The van der Waals surface area contributed by atoms with Crippen LogP contribution in [0, 0.1) is 0 Å². The zero-order chi connectivity index (χ0) is 11.8. The molecule has 1 heterocycles. The minimum absolute atomic E-state index is 0.0774. The molecule has 0 saturated heterocycles. The number of rotatable bonds is 7. The van der Waals surface area contributed by atoms with Crippen LogP contribution in [-0.4, -0.2) is 25.2 Å². The van der Waals surface area contributed by atoms with Gasteiger partial charge < -0.3 is 10.1 Å². The van der Waals surface area contributed by atoms with Crippen molar-refractivity contribution >= 4 is 17.3 Å². The Bertz CT molecular complexity index is 298. The number of thiophene rings is 1. The molecule has 90 valence electrons. The van der Waals surface area contributed by atoms with E-state index in [0.717, 1.165) is 19.5 Å². The maximum Gasteiger partial charge on any atom is 0.348 e. The Labute approximate surface area is 101 Å². The number of carbonyl (C=O) groups is 1. The van der Waals surface area contributed by atoms with E-state index in [2.05, 4.69) is 12.2 Å². The van der Waals surface area contributed by atoms with Gasteiger partial charge in [-0.3, -0.25) is 0 Å². The van der Waals surface area contributed by atoms with Crippen molar-refractivity contribution in [3.8, 4) is 0 Å². The van der Waals surface area contributed by atoms with E-state index in [-0.39, 0.29) is 12.1 Å². The summed E-state index contributed by atoms with van der Waals surface area (Å²) in [5.41, 5.74) is 0. The first-order valence-electron chi connectivity index (χ1n) is 5.69. The zero-order valence-electron chi connectivity index (χ0n) is 9.86. The fourth-order valence-electron chi connectivity index (χ4n) is 1.28. The normalized spacial score (nSPS) is 12.4. The van der Waals surface area contributed by atoms with Crippen LogP contribution in [0.25, 0.3) is 0 Å². The summed E-state index contributed by atoms with van der Waals surface area (Å²) in [6.07, 6.45) is 2.26. The van der Waals surface area contributed by atoms with Gasteiger partial charge in [0.25, 0.3) is 0 Å². The van der Waals surface area contributed by atoms with Crippen molar-refractivity contribution in [1.29, 1.82) is 0 Å². The lowest BCUT2D eigenvalue weighted by molar-refractivity contribution is 0.0348. The molecule has 0 radical (unpaired) electrons. The first-order valence-corrected chi connectivity index (χ1v) is 6.57. The predicted molar refractivity (Wildman–Crippen MR) is 67.0 cm³/mol. The summed E-state index contributed by atoms with van der Waals surface area (Å²) in [7, 11) is 0. The third-order valence-electron chi connectivity index (χ3n) is 2.17. The van der Waals surface area contributed by atoms with E-state index in [9.17, 15) is 4.79 Å². The number of ether oxygens (including phenoxy) is 1. The lowest BCUT2D eigenvalue weighted by atomic mass is 10.3. The number of esters is 1. The van der Waals surface area contributed by atoms with Crippen LogP contribution < -0.4 is 5.32 Å². The Kier molecular flexibility index (Phi) is 6.11. The minimum atomic E-state index is -0.222. The second-order valence-corrected chi connectivity index (χ2v) is 4.70. The van der Waals surface area contributed by atoms with E-state index in [1.165, 1.54) is 17.8 Å². The van der Waals surface area contributed by atoms with Gasteiger partial charge in [-0.25, -0.2) is 4.79 Å². The molecule has 0 aliphatic rings. The first kappa shape index (κ1) is 13.2. The maximum atomic E-state index is 11.6. The molecule has 0 aromatic carbocycles. The van der Waals surface area contributed by atoms with Gasteiger partial charge in [0.2, 0.25) is 0 Å². The van der Waals surface area contributed by atoms with Crippen LogP contribution in [0.2, 0.25) is 0 Å². The summed E-state index contributed by atoms with van der Waals surface area (Å²) in [4.78, 5) is 12.2. The van der Waals surface area contributed by atoms with Gasteiger partial charge in [-0.1, -0.05) is 19.4 Å². The Morgan fingerprint density at radius 3 is 3.06 bits per heavy atom. The Morgan fingerprint density at radius 2 is 2.44 bits per heavy atom. The van der Waals surface area contributed by atoms with Gasteiger partial charge in [-0.15, -0.1) is 11.3 Å². The standard InChI is InChI=1S/C12H19NO2S/c1-3-4-7-13-9-10(2)15-12(14)11-6-5-8-16-11/h5-6,8,10,13H,3-4,7,9H2,1-2H3. The van der Waals surface area contributed by atoms with Crippen molar-refractivity contribution < 1.29 is 9.53 Å². The summed E-state index contributed by atoms with van der Waals surface area (Å²) >= 11 is 1.41. The van der Waals surface area contributed by atoms with Gasteiger partial charge in [0.15, 0.2) is 0 Å². The van der Waals surface area contributed by atoms with Gasteiger partial charge in [-0.05, 0) is 31.3 Å². The number of hydrogen-bond donors (Lipinski definition) is 1. The number of hydrogen-bond acceptors (Lipinski definition) is 4. The largest absolute Gasteiger partial charge is 0.457 e. The van der Waals surface area contributed by atoms with Crippen molar-refractivity contribution in [2.24, 2.45) is 0 Å². The molecule has 0 bridgehead atoms. The van der Waals surface area contributed by atoms with Crippen LogP contribution in [0.4, 0.5) is 0 Å². The van der Waals surface area contributed by atoms with Crippen LogP contribution in [0.1, 0.15) is 36.4 Å². The fraction of sp³-hybridized carbons (Fsp3) is 0.583.